The molecular weight excluding hydrogens is 356 g/mol. The minimum Gasteiger partial charge on any atom is -0.335 e. The van der Waals surface area contributed by atoms with Crippen LogP contribution in [-0.4, -0.2) is 22.3 Å². The van der Waals surface area contributed by atoms with E-state index in [9.17, 15) is 4.79 Å². The average molecular weight is 375 g/mol. The number of thiophene rings is 2. The molecule has 124 valence electrons. The molecule has 0 saturated carbocycles. The Kier molecular flexibility index (Phi) is 4.52. The Morgan fingerprint density at radius 1 is 1.29 bits per heavy atom. The first kappa shape index (κ1) is 16.0. The minimum atomic E-state index is 0.196. The van der Waals surface area contributed by atoms with E-state index in [0.29, 0.717) is 6.42 Å². The van der Waals surface area contributed by atoms with Crippen LogP contribution in [0.2, 0.25) is 0 Å². The molecule has 4 heterocycles. The van der Waals surface area contributed by atoms with Crippen LogP contribution < -0.4 is 0 Å². The summed E-state index contributed by atoms with van der Waals surface area (Å²) >= 11 is 5.13. The van der Waals surface area contributed by atoms with Crippen molar-refractivity contribution >= 4 is 39.9 Å². The average Bonchev–Trinajstić information content (AvgIpc) is 3.33. The van der Waals surface area contributed by atoms with Gasteiger partial charge in [-0.3, -0.25) is 4.79 Å². The van der Waals surface area contributed by atoms with Crippen molar-refractivity contribution in [3.63, 3.8) is 0 Å². The Morgan fingerprint density at radius 2 is 2.21 bits per heavy atom. The molecule has 0 N–H and O–H groups in total. The number of nitrogens with zero attached hydrogens (tertiary/aromatic N) is 2. The number of hydrogen-bond acceptors (Lipinski definition) is 5. The lowest BCUT2D eigenvalue weighted by molar-refractivity contribution is -0.133. The quantitative estimate of drug-likeness (QED) is 0.643. The van der Waals surface area contributed by atoms with E-state index in [1.165, 1.54) is 15.3 Å². The molecule has 1 amide bonds. The predicted molar refractivity (Wildman–Crippen MR) is 102 cm³/mol. The van der Waals surface area contributed by atoms with Crippen LogP contribution in [0.5, 0.6) is 0 Å². The number of carbonyl (C=O) groups is 1. The van der Waals surface area contributed by atoms with E-state index in [2.05, 4.69) is 39.7 Å². The Bertz CT molecular complexity index is 834. The molecule has 24 heavy (non-hydrogen) atoms. The summed E-state index contributed by atoms with van der Waals surface area (Å²) in [4.78, 5) is 22.2. The van der Waals surface area contributed by atoms with Gasteiger partial charge in [-0.15, -0.1) is 34.0 Å². The lowest BCUT2D eigenvalue weighted by Crippen LogP contribution is -2.40. The van der Waals surface area contributed by atoms with Gasteiger partial charge in [0.05, 0.1) is 23.0 Å². The van der Waals surface area contributed by atoms with Crippen molar-refractivity contribution in [3.8, 4) is 9.88 Å². The number of thiazole rings is 1. The molecule has 6 heteroatoms. The molecule has 0 radical (unpaired) electrons. The van der Waals surface area contributed by atoms with Crippen molar-refractivity contribution in [3.05, 3.63) is 50.5 Å². The van der Waals surface area contributed by atoms with E-state index in [1.807, 2.05) is 22.8 Å². The SMILES string of the molecule is CCC1c2ccsc2CCN1C(=O)Cc1csc(-c2cccs2)n1. The fourth-order valence-electron chi connectivity index (χ4n) is 3.29. The number of hydrogen-bond donors (Lipinski definition) is 0. The predicted octanol–water partition coefficient (Wildman–Crippen LogP) is 5.01. The first-order valence-electron chi connectivity index (χ1n) is 8.10. The zero-order valence-electron chi connectivity index (χ0n) is 13.4. The van der Waals surface area contributed by atoms with E-state index in [-0.39, 0.29) is 11.9 Å². The molecule has 0 aliphatic carbocycles. The number of aromatic nitrogens is 1. The van der Waals surface area contributed by atoms with Crippen molar-refractivity contribution in [2.75, 3.05) is 6.54 Å². The van der Waals surface area contributed by atoms with Gasteiger partial charge in [0.2, 0.25) is 5.91 Å². The Balaban J connectivity index is 1.50. The summed E-state index contributed by atoms with van der Waals surface area (Å²) in [6.45, 7) is 2.99. The van der Waals surface area contributed by atoms with Crippen LogP contribution in [0.15, 0.2) is 34.3 Å². The van der Waals surface area contributed by atoms with E-state index in [0.717, 1.165) is 30.1 Å². The highest BCUT2D eigenvalue weighted by molar-refractivity contribution is 7.20. The Hall–Kier alpha value is -1.50. The lowest BCUT2D eigenvalue weighted by atomic mass is 9.97. The van der Waals surface area contributed by atoms with Gasteiger partial charge in [-0.1, -0.05) is 13.0 Å². The zero-order valence-corrected chi connectivity index (χ0v) is 15.8. The second-order valence-electron chi connectivity index (χ2n) is 5.86. The summed E-state index contributed by atoms with van der Waals surface area (Å²) in [5.41, 5.74) is 2.24. The molecule has 0 fully saturated rings. The largest absolute Gasteiger partial charge is 0.335 e. The molecule has 1 aliphatic rings. The van der Waals surface area contributed by atoms with Crippen molar-refractivity contribution in [2.24, 2.45) is 0 Å². The second kappa shape index (κ2) is 6.78. The maximum Gasteiger partial charge on any atom is 0.229 e. The van der Waals surface area contributed by atoms with E-state index in [1.54, 1.807) is 22.7 Å². The summed E-state index contributed by atoms with van der Waals surface area (Å²) in [5.74, 6) is 0.196. The van der Waals surface area contributed by atoms with Crippen LogP contribution in [0.4, 0.5) is 0 Å². The van der Waals surface area contributed by atoms with Gasteiger partial charge < -0.3 is 4.90 Å². The van der Waals surface area contributed by atoms with E-state index < -0.39 is 0 Å². The van der Waals surface area contributed by atoms with Gasteiger partial charge in [0.25, 0.3) is 0 Å². The molecule has 1 aliphatic heterocycles. The van der Waals surface area contributed by atoms with Gasteiger partial charge in [0.15, 0.2) is 0 Å². The Labute approximate surface area is 153 Å². The highest BCUT2D eigenvalue weighted by atomic mass is 32.1. The molecule has 0 spiro atoms. The second-order valence-corrected chi connectivity index (χ2v) is 8.66. The third kappa shape index (κ3) is 2.94. The topological polar surface area (TPSA) is 33.2 Å². The van der Waals surface area contributed by atoms with Gasteiger partial charge in [0.1, 0.15) is 5.01 Å². The van der Waals surface area contributed by atoms with Gasteiger partial charge >= 0.3 is 0 Å². The first-order valence-corrected chi connectivity index (χ1v) is 10.7. The molecule has 0 aromatic carbocycles. The molecule has 3 aromatic rings. The van der Waals surface area contributed by atoms with Gasteiger partial charge in [-0.2, -0.15) is 0 Å². The maximum absolute atomic E-state index is 12.9. The van der Waals surface area contributed by atoms with Crippen LogP contribution >= 0.6 is 34.0 Å². The summed E-state index contributed by atoms with van der Waals surface area (Å²) in [6, 6.07) is 6.52. The number of carbonyl (C=O) groups excluding carboxylic acids is 1. The molecule has 3 aromatic heterocycles. The highest BCUT2D eigenvalue weighted by Gasteiger charge is 2.30. The summed E-state index contributed by atoms with van der Waals surface area (Å²) in [5, 5.41) is 7.24. The number of fused-ring (bicyclic) bond motifs is 1. The molecule has 0 bridgehead atoms. The van der Waals surface area contributed by atoms with E-state index >= 15 is 0 Å². The third-order valence-electron chi connectivity index (χ3n) is 4.42. The molecule has 1 unspecified atom stereocenters. The molecule has 0 saturated heterocycles. The monoisotopic (exact) mass is 374 g/mol. The number of amides is 1. The van der Waals surface area contributed by atoms with Crippen LogP contribution in [0.25, 0.3) is 9.88 Å². The fourth-order valence-corrected chi connectivity index (χ4v) is 5.86. The lowest BCUT2D eigenvalue weighted by Gasteiger charge is -2.35. The summed E-state index contributed by atoms with van der Waals surface area (Å²) < 4.78 is 0. The van der Waals surface area contributed by atoms with Gasteiger partial charge in [-0.05, 0) is 41.3 Å². The molecule has 3 nitrogen and oxygen atoms in total. The first-order chi connectivity index (χ1) is 11.8. The Morgan fingerprint density at radius 3 is 3.00 bits per heavy atom. The standard InChI is InChI=1S/C18H18N2OS3/c1-2-14-13-6-9-23-15(13)5-7-20(14)17(21)10-12-11-24-18(19-12)16-4-3-8-22-16/h3-4,6,8-9,11,14H,2,5,7,10H2,1H3. The van der Waals surface area contributed by atoms with Crippen LogP contribution in [0.3, 0.4) is 0 Å². The fraction of sp³-hybridized carbons (Fsp3) is 0.333. The van der Waals surface area contributed by atoms with Crippen LogP contribution in [0, 0.1) is 0 Å². The van der Waals surface area contributed by atoms with Crippen molar-refractivity contribution in [2.45, 2.75) is 32.2 Å². The summed E-state index contributed by atoms with van der Waals surface area (Å²) in [6.07, 6.45) is 2.34. The summed E-state index contributed by atoms with van der Waals surface area (Å²) in [7, 11) is 0. The smallest absolute Gasteiger partial charge is 0.229 e. The minimum absolute atomic E-state index is 0.196. The molecule has 4 rings (SSSR count). The molecule has 1 atom stereocenters. The number of rotatable bonds is 4. The highest BCUT2D eigenvalue weighted by Crippen LogP contribution is 2.35. The molecular formula is C18H18N2OS3. The van der Waals surface area contributed by atoms with Crippen LogP contribution in [0.1, 0.15) is 35.5 Å². The van der Waals surface area contributed by atoms with Gasteiger partial charge in [-0.25, -0.2) is 4.98 Å². The van der Waals surface area contributed by atoms with Crippen molar-refractivity contribution in [1.29, 1.82) is 0 Å². The van der Waals surface area contributed by atoms with E-state index in [4.69, 9.17) is 0 Å². The van der Waals surface area contributed by atoms with Crippen molar-refractivity contribution in [1.82, 2.24) is 9.88 Å². The van der Waals surface area contributed by atoms with Gasteiger partial charge in [0, 0.05) is 16.8 Å². The maximum atomic E-state index is 12.9. The van der Waals surface area contributed by atoms with Crippen molar-refractivity contribution < 1.29 is 4.79 Å². The third-order valence-corrected chi connectivity index (χ3v) is 7.34. The van der Waals surface area contributed by atoms with Crippen LogP contribution in [-0.2, 0) is 17.6 Å². The zero-order chi connectivity index (χ0) is 16.5. The normalized spacial score (nSPS) is 17.0.